The monoisotopic (exact) mass is 408 g/mol. The highest BCUT2D eigenvalue weighted by atomic mass is 19.1. The lowest BCUT2D eigenvalue weighted by molar-refractivity contribution is 0.0716. The van der Waals surface area contributed by atoms with E-state index in [2.05, 4.69) is 23.1 Å². The fourth-order valence-corrected chi connectivity index (χ4v) is 4.60. The van der Waals surface area contributed by atoms with Crippen LogP contribution in [0.1, 0.15) is 49.0 Å². The fourth-order valence-electron chi connectivity index (χ4n) is 4.60. The topological polar surface area (TPSA) is 41.4 Å². The summed E-state index contributed by atoms with van der Waals surface area (Å²) in [5.41, 5.74) is 3.27. The van der Waals surface area contributed by atoms with Gasteiger partial charge in [-0.15, -0.1) is 0 Å². The van der Waals surface area contributed by atoms with E-state index in [4.69, 9.17) is 0 Å². The molecule has 2 aromatic heterocycles. The van der Waals surface area contributed by atoms with Crippen LogP contribution in [0.25, 0.3) is 16.6 Å². The second-order valence-electron chi connectivity index (χ2n) is 8.44. The standard InChI is InChI=1S/C24H29FN4O/c1-5-28(16(2)3)24(30)20-12-18(25)6-7-22(20)29-15-21(17-9-11-27(4)14-17)19-8-10-26-13-23(19)29/h6-8,10,12-13,15-17H,5,9,11,14H2,1-4H3. The average Bonchev–Trinajstić information content (AvgIpc) is 3.32. The molecule has 5 nitrogen and oxygen atoms in total. The van der Waals surface area contributed by atoms with Crippen LogP contribution >= 0.6 is 0 Å². The Balaban J connectivity index is 1.88. The Bertz CT molecular complexity index is 1070. The van der Waals surface area contributed by atoms with Gasteiger partial charge in [-0.25, -0.2) is 4.39 Å². The summed E-state index contributed by atoms with van der Waals surface area (Å²) in [4.78, 5) is 21.8. The van der Waals surface area contributed by atoms with Crippen LogP contribution in [-0.2, 0) is 0 Å². The van der Waals surface area contributed by atoms with Crippen molar-refractivity contribution >= 4 is 16.8 Å². The molecule has 0 N–H and O–H groups in total. The van der Waals surface area contributed by atoms with E-state index in [0.717, 1.165) is 30.4 Å². The molecule has 4 rings (SSSR count). The molecular weight excluding hydrogens is 379 g/mol. The molecule has 1 amide bonds. The van der Waals surface area contributed by atoms with Crippen molar-refractivity contribution in [1.29, 1.82) is 0 Å². The molecule has 0 spiro atoms. The number of hydrogen-bond acceptors (Lipinski definition) is 3. The number of carbonyl (C=O) groups is 1. The lowest BCUT2D eigenvalue weighted by Gasteiger charge is -2.26. The van der Waals surface area contributed by atoms with Crippen LogP contribution in [-0.4, -0.2) is 58.0 Å². The molecule has 1 unspecified atom stereocenters. The first-order valence-corrected chi connectivity index (χ1v) is 10.6. The maximum atomic E-state index is 14.2. The summed E-state index contributed by atoms with van der Waals surface area (Å²) in [6.07, 6.45) is 6.86. The zero-order valence-corrected chi connectivity index (χ0v) is 18.1. The van der Waals surface area contributed by atoms with Gasteiger partial charge >= 0.3 is 0 Å². The third kappa shape index (κ3) is 3.60. The zero-order chi connectivity index (χ0) is 21.4. The Kier molecular flexibility index (Phi) is 5.60. The number of likely N-dealkylation sites (N-methyl/N-ethyl adjacent to an activating group) is 1. The second kappa shape index (κ2) is 8.19. The highest BCUT2D eigenvalue weighted by molar-refractivity contribution is 5.99. The summed E-state index contributed by atoms with van der Waals surface area (Å²) in [5, 5.41) is 1.14. The minimum absolute atomic E-state index is 0.0336. The number of fused-ring (bicyclic) bond motifs is 1. The predicted molar refractivity (Wildman–Crippen MR) is 118 cm³/mol. The molecule has 3 aromatic rings. The van der Waals surface area contributed by atoms with E-state index in [1.807, 2.05) is 43.8 Å². The van der Waals surface area contributed by atoms with Crippen LogP contribution in [0.4, 0.5) is 4.39 Å². The largest absolute Gasteiger partial charge is 0.336 e. The van der Waals surface area contributed by atoms with Gasteiger partial charge in [0, 0.05) is 36.9 Å². The number of aromatic nitrogens is 2. The molecule has 158 valence electrons. The summed E-state index contributed by atoms with van der Waals surface area (Å²) in [5.74, 6) is -0.132. The van der Waals surface area contributed by atoms with Gasteiger partial charge in [-0.2, -0.15) is 0 Å². The Morgan fingerprint density at radius 1 is 1.33 bits per heavy atom. The Labute approximate surface area is 177 Å². The predicted octanol–water partition coefficient (Wildman–Crippen LogP) is 4.45. The Morgan fingerprint density at radius 2 is 2.13 bits per heavy atom. The van der Waals surface area contributed by atoms with Gasteiger partial charge in [0.05, 0.1) is 23.0 Å². The van der Waals surface area contributed by atoms with E-state index in [1.165, 1.54) is 17.7 Å². The number of pyridine rings is 1. The van der Waals surface area contributed by atoms with Crippen molar-refractivity contribution in [2.24, 2.45) is 0 Å². The molecule has 0 aliphatic carbocycles. The Hall–Kier alpha value is -2.73. The molecule has 3 heterocycles. The van der Waals surface area contributed by atoms with Crippen LogP contribution in [0.15, 0.2) is 42.9 Å². The minimum atomic E-state index is -0.408. The SMILES string of the molecule is CCN(C(=O)c1cc(F)ccc1-n1cc(C2CCN(C)C2)c2ccncc21)C(C)C. The number of hydrogen-bond donors (Lipinski definition) is 0. The molecule has 0 saturated carbocycles. The maximum absolute atomic E-state index is 14.2. The number of likely N-dealkylation sites (tertiary alicyclic amines) is 1. The third-order valence-corrected chi connectivity index (χ3v) is 6.14. The van der Waals surface area contributed by atoms with Crippen molar-refractivity contribution in [3.8, 4) is 5.69 Å². The highest BCUT2D eigenvalue weighted by Gasteiger charge is 2.27. The van der Waals surface area contributed by atoms with E-state index in [-0.39, 0.29) is 11.9 Å². The first-order valence-electron chi connectivity index (χ1n) is 10.6. The first kappa shape index (κ1) is 20.5. The molecule has 1 atom stereocenters. The van der Waals surface area contributed by atoms with Gasteiger partial charge in [-0.05, 0) is 76.5 Å². The summed E-state index contributed by atoms with van der Waals surface area (Å²) in [6.45, 7) is 8.55. The van der Waals surface area contributed by atoms with Crippen molar-refractivity contribution in [1.82, 2.24) is 19.4 Å². The summed E-state index contributed by atoms with van der Waals surface area (Å²) >= 11 is 0. The quantitative estimate of drug-likeness (QED) is 0.626. The van der Waals surface area contributed by atoms with E-state index >= 15 is 0 Å². The number of rotatable bonds is 5. The summed E-state index contributed by atoms with van der Waals surface area (Å²) in [6, 6.07) is 6.55. The molecule has 1 saturated heterocycles. The van der Waals surface area contributed by atoms with Crippen molar-refractivity contribution in [2.45, 2.75) is 39.2 Å². The molecule has 0 radical (unpaired) electrons. The van der Waals surface area contributed by atoms with Gasteiger partial charge in [0.15, 0.2) is 0 Å². The lowest BCUT2D eigenvalue weighted by atomic mass is 9.98. The zero-order valence-electron chi connectivity index (χ0n) is 18.1. The van der Waals surface area contributed by atoms with E-state index < -0.39 is 5.82 Å². The van der Waals surface area contributed by atoms with E-state index in [9.17, 15) is 9.18 Å². The summed E-state index contributed by atoms with van der Waals surface area (Å²) in [7, 11) is 2.14. The number of carbonyl (C=O) groups excluding carboxylic acids is 1. The molecule has 6 heteroatoms. The minimum Gasteiger partial charge on any atom is -0.336 e. The summed E-state index contributed by atoms with van der Waals surface area (Å²) < 4.78 is 16.2. The van der Waals surface area contributed by atoms with E-state index in [0.29, 0.717) is 23.7 Å². The highest BCUT2D eigenvalue weighted by Crippen LogP contribution is 2.35. The second-order valence-corrected chi connectivity index (χ2v) is 8.44. The van der Waals surface area contributed by atoms with Crippen LogP contribution in [0.2, 0.25) is 0 Å². The average molecular weight is 409 g/mol. The van der Waals surface area contributed by atoms with Gasteiger partial charge in [0.25, 0.3) is 5.91 Å². The van der Waals surface area contributed by atoms with Crippen molar-refractivity contribution in [2.75, 3.05) is 26.7 Å². The maximum Gasteiger partial charge on any atom is 0.256 e. The lowest BCUT2D eigenvalue weighted by Crippen LogP contribution is -2.37. The van der Waals surface area contributed by atoms with E-state index in [1.54, 1.807) is 11.0 Å². The van der Waals surface area contributed by atoms with Crippen molar-refractivity contribution in [3.63, 3.8) is 0 Å². The van der Waals surface area contributed by atoms with Gasteiger partial charge in [-0.3, -0.25) is 9.78 Å². The van der Waals surface area contributed by atoms with Crippen LogP contribution in [0.5, 0.6) is 0 Å². The van der Waals surface area contributed by atoms with Crippen LogP contribution < -0.4 is 0 Å². The number of benzene rings is 1. The van der Waals surface area contributed by atoms with Crippen molar-refractivity contribution < 1.29 is 9.18 Å². The molecule has 1 aliphatic rings. The molecule has 1 aliphatic heterocycles. The van der Waals surface area contributed by atoms with Crippen LogP contribution in [0, 0.1) is 5.82 Å². The molecule has 1 fully saturated rings. The molecular formula is C24H29FN4O. The van der Waals surface area contributed by atoms with Gasteiger partial charge in [-0.1, -0.05) is 0 Å². The number of nitrogens with zero attached hydrogens (tertiary/aromatic N) is 4. The van der Waals surface area contributed by atoms with Crippen molar-refractivity contribution in [3.05, 3.63) is 59.8 Å². The molecule has 1 aromatic carbocycles. The smallest absolute Gasteiger partial charge is 0.256 e. The number of halogens is 1. The molecule has 0 bridgehead atoms. The third-order valence-electron chi connectivity index (χ3n) is 6.14. The molecule has 30 heavy (non-hydrogen) atoms. The number of amides is 1. The van der Waals surface area contributed by atoms with Crippen LogP contribution in [0.3, 0.4) is 0 Å². The van der Waals surface area contributed by atoms with Gasteiger partial charge in [0.2, 0.25) is 0 Å². The van der Waals surface area contributed by atoms with Gasteiger partial charge in [0.1, 0.15) is 5.82 Å². The van der Waals surface area contributed by atoms with Gasteiger partial charge < -0.3 is 14.4 Å². The fraction of sp³-hybridized carbons (Fsp3) is 0.417. The Morgan fingerprint density at radius 3 is 2.80 bits per heavy atom. The normalized spacial score (nSPS) is 17.2. The first-order chi connectivity index (χ1) is 14.4.